The molecule has 2 amide bonds. The molecule has 0 N–H and O–H groups in total. The number of benzene rings is 3. The minimum atomic E-state index is -0.127. The Balaban J connectivity index is 1.44. The van der Waals surface area contributed by atoms with Crippen molar-refractivity contribution in [3.63, 3.8) is 0 Å². The van der Waals surface area contributed by atoms with Crippen molar-refractivity contribution in [1.82, 2.24) is 9.80 Å². The zero-order valence-corrected chi connectivity index (χ0v) is 23.5. The van der Waals surface area contributed by atoms with Crippen molar-refractivity contribution in [1.29, 1.82) is 0 Å². The van der Waals surface area contributed by atoms with Crippen LogP contribution in [0, 0.1) is 0 Å². The molecule has 1 aliphatic heterocycles. The number of hydrogen-bond donors (Lipinski definition) is 0. The number of nitrogens with zero attached hydrogens (tertiary/aromatic N) is 2. The number of ether oxygens (including phenoxy) is 4. The topological polar surface area (TPSA) is 77.5 Å². The minimum Gasteiger partial charge on any atom is -0.497 e. The first-order chi connectivity index (χ1) is 19.4. The summed E-state index contributed by atoms with van der Waals surface area (Å²) < 4.78 is 22.1. The summed E-state index contributed by atoms with van der Waals surface area (Å²) >= 11 is 0. The highest BCUT2D eigenvalue weighted by Gasteiger charge is 2.17. The summed E-state index contributed by atoms with van der Waals surface area (Å²) in [6.45, 7) is 2.56. The highest BCUT2D eigenvalue weighted by Crippen LogP contribution is 2.29. The van der Waals surface area contributed by atoms with E-state index >= 15 is 0 Å². The highest BCUT2D eigenvalue weighted by atomic mass is 16.5. The molecule has 0 aromatic heterocycles. The normalized spacial score (nSPS) is 13.5. The molecular weight excluding hydrogens is 508 g/mol. The number of methoxy groups -OCH3 is 2. The molecule has 0 aliphatic carbocycles. The lowest BCUT2D eigenvalue weighted by Gasteiger charge is -2.26. The zero-order chi connectivity index (χ0) is 28.5. The van der Waals surface area contributed by atoms with Crippen molar-refractivity contribution < 1.29 is 28.5 Å². The van der Waals surface area contributed by atoms with Crippen molar-refractivity contribution in [3.8, 4) is 23.0 Å². The van der Waals surface area contributed by atoms with Gasteiger partial charge in [0.05, 0.1) is 27.4 Å². The van der Waals surface area contributed by atoms with Gasteiger partial charge in [-0.3, -0.25) is 9.59 Å². The van der Waals surface area contributed by atoms with Crippen LogP contribution in [0.1, 0.15) is 23.1 Å². The minimum absolute atomic E-state index is 0.127. The fourth-order valence-electron chi connectivity index (χ4n) is 4.37. The lowest BCUT2D eigenvalue weighted by Crippen LogP contribution is -2.40. The smallest absolute Gasteiger partial charge is 0.253 e. The number of likely N-dealkylation sites (N-methyl/N-ethyl adjacent to an activating group) is 1. The number of aryl methyl sites for hydroxylation is 1. The molecule has 8 heteroatoms. The summed E-state index contributed by atoms with van der Waals surface area (Å²) in [5.74, 6) is 2.66. The summed E-state index contributed by atoms with van der Waals surface area (Å²) in [7, 11) is 6.63. The van der Waals surface area contributed by atoms with Gasteiger partial charge >= 0.3 is 0 Å². The van der Waals surface area contributed by atoms with Gasteiger partial charge in [0, 0.05) is 45.2 Å². The van der Waals surface area contributed by atoms with Gasteiger partial charge < -0.3 is 28.7 Å². The van der Waals surface area contributed by atoms with Crippen molar-refractivity contribution >= 4 is 23.5 Å². The molecule has 1 aliphatic rings. The Morgan fingerprint density at radius 3 is 1.98 bits per heavy atom. The van der Waals surface area contributed by atoms with E-state index in [0.29, 0.717) is 67.7 Å². The van der Waals surface area contributed by atoms with E-state index in [9.17, 15) is 9.59 Å². The maximum absolute atomic E-state index is 13.1. The average Bonchev–Trinajstić information content (AvgIpc) is 2.99. The van der Waals surface area contributed by atoms with Crippen molar-refractivity contribution in [2.24, 2.45) is 0 Å². The van der Waals surface area contributed by atoms with Crippen LogP contribution in [-0.4, -0.2) is 76.2 Å². The number of hydrogen-bond acceptors (Lipinski definition) is 6. The van der Waals surface area contributed by atoms with Crippen molar-refractivity contribution in [3.05, 3.63) is 83.4 Å². The van der Waals surface area contributed by atoms with Gasteiger partial charge in [-0.1, -0.05) is 24.3 Å². The van der Waals surface area contributed by atoms with Crippen LogP contribution in [0.15, 0.2) is 66.7 Å². The Morgan fingerprint density at radius 2 is 1.43 bits per heavy atom. The van der Waals surface area contributed by atoms with Crippen LogP contribution < -0.4 is 14.2 Å². The number of carbonyl (C=O) groups excluding carboxylic acids is 2. The fraction of sp³-hybridized carbons (Fsp3) is 0.312. The Bertz CT molecular complexity index is 1300. The monoisotopic (exact) mass is 544 g/mol. The van der Waals surface area contributed by atoms with E-state index in [1.807, 2.05) is 71.6 Å². The molecule has 1 heterocycles. The van der Waals surface area contributed by atoms with E-state index in [4.69, 9.17) is 18.9 Å². The molecule has 3 aromatic carbocycles. The number of morpholine rings is 1. The largest absolute Gasteiger partial charge is 0.497 e. The molecule has 3 aromatic rings. The van der Waals surface area contributed by atoms with Gasteiger partial charge in [-0.25, -0.2) is 0 Å². The first kappa shape index (κ1) is 28.7. The summed E-state index contributed by atoms with van der Waals surface area (Å²) in [4.78, 5) is 28.9. The molecule has 0 saturated carbocycles. The molecule has 4 rings (SSSR count). The molecule has 1 fully saturated rings. The van der Waals surface area contributed by atoms with Crippen LogP contribution in [0.4, 0.5) is 0 Å². The Kier molecular flexibility index (Phi) is 9.81. The first-order valence-electron chi connectivity index (χ1n) is 13.3. The second-order valence-electron chi connectivity index (χ2n) is 9.67. The van der Waals surface area contributed by atoms with E-state index in [-0.39, 0.29) is 11.8 Å². The van der Waals surface area contributed by atoms with Crippen LogP contribution >= 0.6 is 0 Å². The Morgan fingerprint density at radius 1 is 0.850 bits per heavy atom. The van der Waals surface area contributed by atoms with Gasteiger partial charge in [-0.05, 0) is 65.6 Å². The first-order valence-corrected chi connectivity index (χ1v) is 13.3. The average molecular weight is 545 g/mol. The zero-order valence-electron chi connectivity index (χ0n) is 23.5. The quantitative estimate of drug-likeness (QED) is 0.267. The van der Waals surface area contributed by atoms with Crippen LogP contribution in [0.25, 0.3) is 11.6 Å². The molecule has 210 valence electrons. The van der Waals surface area contributed by atoms with Gasteiger partial charge in [0.2, 0.25) is 5.91 Å². The number of amides is 2. The van der Waals surface area contributed by atoms with Crippen LogP contribution in [-0.2, 0) is 20.7 Å². The lowest BCUT2D eigenvalue weighted by atomic mass is 10.0. The summed E-state index contributed by atoms with van der Waals surface area (Å²) in [6, 6.07) is 20.7. The summed E-state index contributed by atoms with van der Waals surface area (Å²) in [5, 5.41) is 0. The molecule has 0 bridgehead atoms. The Labute approximate surface area is 235 Å². The van der Waals surface area contributed by atoms with Crippen LogP contribution in [0.2, 0.25) is 0 Å². The third-order valence-electron chi connectivity index (χ3n) is 6.64. The third kappa shape index (κ3) is 7.64. The number of carbonyl (C=O) groups is 2. The van der Waals surface area contributed by atoms with Gasteiger partial charge in [0.15, 0.2) is 0 Å². The summed E-state index contributed by atoms with van der Waals surface area (Å²) in [5.41, 5.74) is 3.15. The highest BCUT2D eigenvalue weighted by molar-refractivity contribution is 6.24. The van der Waals surface area contributed by atoms with Gasteiger partial charge in [0.1, 0.15) is 23.0 Å². The maximum atomic E-state index is 13.1. The van der Waals surface area contributed by atoms with E-state index in [1.165, 1.54) is 0 Å². The molecular formula is C32H36N2O6. The predicted octanol–water partition coefficient (Wildman–Crippen LogP) is 4.92. The standard InChI is InChI=1S/C32H36N2O6/c1-33(2)32(36)30(21-24-19-28(37-3)22-29(20-24)38-4)25-8-12-27(13-9-25)40-26-10-5-23(6-11-26)7-14-31(35)34-15-17-39-18-16-34/h5-6,8-13,19-22H,7,14-18H2,1-4H3. The van der Waals surface area contributed by atoms with E-state index < -0.39 is 0 Å². The van der Waals surface area contributed by atoms with E-state index in [0.717, 1.165) is 16.7 Å². The van der Waals surface area contributed by atoms with Crippen molar-refractivity contribution in [2.75, 3.05) is 54.6 Å². The van der Waals surface area contributed by atoms with Crippen LogP contribution in [0.3, 0.4) is 0 Å². The van der Waals surface area contributed by atoms with Gasteiger partial charge in [-0.15, -0.1) is 0 Å². The predicted molar refractivity (Wildman–Crippen MR) is 155 cm³/mol. The van der Waals surface area contributed by atoms with Gasteiger partial charge in [-0.2, -0.15) is 0 Å². The van der Waals surface area contributed by atoms with Crippen LogP contribution in [0.5, 0.6) is 23.0 Å². The second kappa shape index (κ2) is 13.7. The molecule has 8 nitrogen and oxygen atoms in total. The van der Waals surface area contributed by atoms with Crippen molar-refractivity contribution in [2.45, 2.75) is 12.8 Å². The van der Waals surface area contributed by atoms with E-state index in [1.54, 1.807) is 39.3 Å². The molecule has 0 radical (unpaired) electrons. The number of rotatable bonds is 10. The summed E-state index contributed by atoms with van der Waals surface area (Å²) in [6.07, 6.45) is 2.98. The molecule has 0 unspecified atom stereocenters. The third-order valence-corrected chi connectivity index (χ3v) is 6.64. The fourth-order valence-corrected chi connectivity index (χ4v) is 4.37. The van der Waals surface area contributed by atoms with E-state index in [2.05, 4.69) is 0 Å². The lowest BCUT2D eigenvalue weighted by molar-refractivity contribution is -0.135. The second-order valence-corrected chi connectivity index (χ2v) is 9.67. The molecule has 0 atom stereocenters. The maximum Gasteiger partial charge on any atom is 0.253 e. The SMILES string of the molecule is COc1cc(C=C(C(=O)N(C)C)c2ccc(Oc3ccc(CCC(=O)N4CCOCC4)cc3)cc2)cc(OC)c1. The molecule has 0 spiro atoms. The Hall–Kier alpha value is -4.30. The van der Waals surface area contributed by atoms with Gasteiger partial charge in [0.25, 0.3) is 5.91 Å². The molecule has 1 saturated heterocycles. The molecule has 40 heavy (non-hydrogen) atoms.